The molecule has 0 N–H and O–H groups in total. The van der Waals surface area contributed by atoms with Gasteiger partial charge in [0.1, 0.15) is 6.26 Å². The molecule has 1 aliphatic carbocycles. The van der Waals surface area contributed by atoms with E-state index in [0.717, 1.165) is 36.9 Å². The molecule has 1 aromatic carbocycles. The molecule has 0 bridgehead atoms. The summed E-state index contributed by atoms with van der Waals surface area (Å²) in [6.45, 7) is 5.47. The van der Waals surface area contributed by atoms with Crippen molar-refractivity contribution < 1.29 is 4.42 Å². The van der Waals surface area contributed by atoms with Crippen LogP contribution < -0.4 is 0 Å². The van der Waals surface area contributed by atoms with E-state index in [-0.39, 0.29) is 0 Å². The van der Waals surface area contributed by atoms with Gasteiger partial charge in [-0.3, -0.25) is 9.80 Å². The number of halogens is 1. The average Bonchev–Trinajstić information content (AvgIpc) is 3.12. The van der Waals surface area contributed by atoms with E-state index < -0.39 is 0 Å². The predicted molar refractivity (Wildman–Crippen MR) is 101 cm³/mol. The van der Waals surface area contributed by atoms with Crippen LogP contribution >= 0.6 is 11.6 Å². The number of rotatable bonds is 4. The highest BCUT2D eigenvalue weighted by Crippen LogP contribution is 2.25. The van der Waals surface area contributed by atoms with Crippen LogP contribution in [-0.2, 0) is 6.54 Å². The van der Waals surface area contributed by atoms with Crippen LogP contribution in [0.25, 0.3) is 11.5 Å². The largest absolute Gasteiger partial charge is 0.444 e. The number of hydrogen-bond acceptors (Lipinski definition) is 4. The maximum atomic E-state index is 6.05. The van der Waals surface area contributed by atoms with E-state index in [1.807, 2.05) is 24.3 Å². The highest BCUT2D eigenvalue weighted by Gasteiger charge is 2.25. The van der Waals surface area contributed by atoms with Gasteiger partial charge >= 0.3 is 0 Å². The quantitative estimate of drug-likeness (QED) is 0.807. The van der Waals surface area contributed by atoms with E-state index in [0.29, 0.717) is 10.9 Å². The van der Waals surface area contributed by atoms with Crippen molar-refractivity contribution in [3.05, 3.63) is 41.2 Å². The van der Waals surface area contributed by atoms with Gasteiger partial charge in [0.25, 0.3) is 0 Å². The molecule has 4 rings (SSSR count). The first-order valence-corrected chi connectivity index (χ1v) is 9.82. The Morgan fingerprint density at radius 2 is 1.88 bits per heavy atom. The van der Waals surface area contributed by atoms with Crippen LogP contribution in [0.3, 0.4) is 0 Å². The molecule has 1 aliphatic heterocycles. The molecule has 1 saturated heterocycles. The van der Waals surface area contributed by atoms with Crippen molar-refractivity contribution in [2.45, 2.75) is 44.7 Å². The molecule has 2 aromatic rings. The molecule has 134 valence electrons. The average molecular weight is 360 g/mol. The van der Waals surface area contributed by atoms with Crippen molar-refractivity contribution in [1.29, 1.82) is 0 Å². The molecule has 2 heterocycles. The Bertz CT molecular complexity index is 688. The predicted octanol–water partition coefficient (Wildman–Crippen LogP) is 4.45. The lowest BCUT2D eigenvalue weighted by molar-refractivity contribution is 0.0749. The van der Waals surface area contributed by atoms with Crippen molar-refractivity contribution in [2.75, 3.05) is 26.2 Å². The second-order valence-corrected chi connectivity index (χ2v) is 7.69. The second kappa shape index (κ2) is 7.90. The molecule has 4 nitrogen and oxygen atoms in total. The molecule has 0 amide bonds. The standard InChI is InChI=1S/C20H26ClN3O/c21-17-6-4-5-16(13-17)20-22-18(15-25-20)14-23-9-11-24(12-10-23)19-7-2-1-3-8-19/h4-6,13,15,19H,1-3,7-12,14H2. The van der Waals surface area contributed by atoms with Crippen molar-refractivity contribution in [3.8, 4) is 11.5 Å². The molecule has 0 unspecified atom stereocenters. The Morgan fingerprint density at radius 3 is 2.64 bits per heavy atom. The summed E-state index contributed by atoms with van der Waals surface area (Å²) in [7, 11) is 0. The Hall–Kier alpha value is -1.36. The molecule has 1 aromatic heterocycles. The third-order valence-electron chi connectivity index (χ3n) is 5.51. The molecular weight excluding hydrogens is 334 g/mol. The van der Waals surface area contributed by atoms with Crippen LogP contribution in [0.4, 0.5) is 0 Å². The van der Waals surface area contributed by atoms with Gasteiger partial charge in [0.15, 0.2) is 0 Å². The van der Waals surface area contributed by atoms with Crippen LogP contribution in [0, 0.1) is 0 Å². The fourth-order valence-corrected chi connectivity index (χ4v) is 4.29. The Morgan fingerprint density at radius 1 is 1.08 bits per heavy atom. The summed E-state index contributed by atoms with van der Waals surface area (Å²) in [6, 6.07) is 8.48. The third kappa shape index (κ3) is 4.25. The van der Waals surface area contributed by atoms with Gasteiger partial charge in [-0.25, -0.2) is 4.98 Å². The molecule has 2 fully saturated rings. The second-order valence-electron chi connectivity index (χ2n) is 7.26. The van der Waals surface area contributed by atoms with Gasteiger partial charge in [0.05, 0.1) is 5.69 Å². The lowest BCUT2D eigenvalue weighted by Crippen LogP contribution is -2.50. The summed E-state index contributed by atoms with van der Waals surface area (Å²) in [5.74, 6) is 0.651. The summed E-state index contributed by atoms with van der Waals surface area (Å²) >= 11 is 6.05. The SMILES string of the molecule is Clc1cccc(-c2nc(CN3CCN(C4CCCCC4)CC3)co2)c1. The third-order valence-corrected chi connectivity index (χ3v) is 5.74. The fourth-order valence-electron chi connectivity index (χ4n) is 4.10. The van der Waals surface area contributed by atoms with Crippen LogP contribution in [0.2, 0.25) is 5.02 Å². The Labute approximate surface area is 154 Å². The van der Waals surface area contributed by atoms with Crippen LogP contribution in [0.1, 0.15) is 37.8 Å². The first kappa shape index (κ1) is 17.1. The normalized spacial score (nSPS) is 20.8. The minimum Gasteiger partial charge on any atom is -0.444 e. The number of aromatic nitrogens is 1. The molecule has 2 aliphatic rings. The van der Waals surface area contributed by atoms with Gasteiger partial charge in [-0.05, 0) is 31.0 Å². The maximum Gasteiger partial charge on any atom is 0.226 e. The van der Waals surface area contributed by atoms with Gasteiger partial charge < -0.3 is 4.42 Å². The summed E-state index contributed by atoms with van der Waals surface area (Å²) in [4.78, 5) is 9.83. The molecule has 5 heteroatoms. The van der Waals surface area contributed by atoms with E-state index in [1.165, 1.54) is 45.2 Å². The lowest BCUT2D eigenvalue weighted by atomic mass is 9.94. The fraction of sp³-hybridized carbons (Fsp3) is 0.550. The number of oxazole rings is 1. The van der Waals surface area contributed by atoms with Gasteiger partial charge in [-0.1, -0.05) is 36.9 Å². The smallest absolute Gasteiger partial charge is 0.226 e. The van der Waals surface area contributed by atoms with Gasteiger partial charge in [0.2, 0.25) is 5.89 Å². The number of hydrogen-bond donors (Lipinski definition) is 0. The first-order chi connectivity index (χ1) is 12.3. The molecule has 0 atom stereocenters. The Balaban J connectivity index is 1.31. The summed E-state index contributed by atoms with van der Waals surface area (Å²) < 4.78 is 5.66. The van der Waals surface area contributed by atoms with Gasteiger partial charge in [0, 0.05) is 49.4 Å². The highest BCUT2D eigenvalue weighted by atomic mass is 35.5. The van der Waals surface area contributed by atoms with Crippen molar-refractivity contribution in [3.63, 3.8) is 0 Å². The minimum atomic E-state index is 0.651. The lowest BCUT2D eigenvalue weighted by Gasteiger charge is -2.40. The zero-order valence-electron chi connectivity index (χ0n) is 14.7. The van der Waals surface area contributed by atoms with E-state index in [9.17, 15) is 0 Å². The van der Waals surface area contributed by atoms with Crippen LogP contribution in [0.15, 0.2) is 34.9 Å². The topological polar surface area (TPSA) is 32.5 Å². The van der Waals surface area contributed by atoms with Crippen LogP contribution in [-0.4, -0.2) is 47.0 Å². The van der Waals surface area contributed by atoms with E-state index in [2.05, 4.69) is 14.8 Å². The van der Waals surface area contributed by atoms with Crippen molar-refractivity contribution >= 4 is 11.6 Å². The molecule has 25 heavy (non-hydrogen) atoms. The molecule has 0 radical (unpaired) electrons. The first-order valence-electron chi connectivity index (χ1n) is 9.45. The Kier molecular flexibility index (Phi) is 5.39. The molecule has 1 saturated carbocycles. The van der Waals surface area contributed by atoms with Crippen molar-refractivity contribution in [1.82, 2.24) is 14.8 Å². The highest BCUT2D eigenvalue weighted by molar-refractivity contribution is 6.30. The minimum absolute atomic E-state index is 0.651. The zero-order chi connectivity index (χ0) is 17.1. The van der Waals surface area contributed by atoms with E-state index in [4.69, 9.17) is 16.0 Å². The van der Waals surface area contributed by atoms with Crippen LogP contribution in [0.5, 0.6) is 0 Å². The zero-order valence-corrected chi connectivity index (χ0v) is 15.4. The monoisotopic (exact) mass is 359 g/mol. The van der Waals surface area contributed by atoms with Crippen molar-refractivity contribution in [2.24, 2.45) is 0 Å². The molecular formula is C20H26ClN3O. The summed E-state index contributed by atoms with van der Waals surface area (Å²) in [6.07, 6.45) is 8.83. The number of piperazine rings is 1. The van der Waals surface area contributed by atoms with Gasteiger partial charge in [-0.15, -0.1) is 0 Å². The van der Waals surface area contributed by atoms with E-state index >= 15 is 0 Å². The number of nitrogens with zero attached hydrogens (tertiary/aromatic N) is 3. The summed E-state index contributed by atoms with van der Waals surface area (Å²) in [5.41, 5.74) is 1.93. The maximum absolute atomic E-state index is 6.05. The van der Waals surface area contributed by atoms with E-state index in [1.54, 1.807) is 6.26 Å². The summed E-state index contributed by atoms with van der Waals surface area (Å²) in [5, 5.41) is 0.705. The molecule has 0 spiro atoms. The number of benzene rings is 1. The van der Waals surface area contributed by atoms with Gasteiger partial charge in [-0.2, -0.15) is 0 Å².